The Hall–Kier alpha value is -2.50. The summed E-state index contributed by atoms with van der Waals surface area (Å²) in [6.07, 6.45) is -8.16. The molecule has 0 spiro atoms. The summed E-state index contributed by atoms with van der Waals surface area (Å²) < 4.78 is 75.0. The maximum Gasteiger partial charge on any atom is 0.416 e. The molecule has 3 N–H and O–H groups in total. The number of hydrogen-bond acceptors (Lipinski definition) is 3. The van der Waals surface area contributed by atoms with Crippen molar-refractivity contribution in [2.24, 2.45) is 4.99 Å². The molecule has 168 valence electrons. The van der Waals surface area contributed by atoms with E-state index in [1.54, 1.807) is 0 Å². The number of nitrogens with zero attached hydrogens (tertiary/aromatic N) is 2. The molecule has 6 nitrogen and oxygen atoms in total. The summed E-state index contributed by atoms with van der Waals surface area (Å²) in [5.74, 6) is -0.135. The predicted molar refractivity (Wildman–Crippen MR) is 99.2 cm³/mol. The lowest BCUT2D eigenvalue weighted by Crippen LogP contribution is -2.47. The number of halogens is 6. The number of guanidine groups is 1. The van der Waals surface area contributed by atoms with Crippen LogP contribution in [0, 0.1) is 0 Å². The van der Waals surface area contributed by atoms with Gasteiger partial charge in [-0.05, 0) is 30.7 Å². The quantitative estimate of drug-likeness (QED) is 0.275. The summed E-state index contributed by atoms with van der Waals surface area (Å²) in [4.78, 5) is 17.3. The molecular weight excluding hydrogens is 416 g/mol. The minimum absolute atomic E-state index is 0.0984. The molecule has 0 aliphatic carbocycles. The van der Waals surface area contributed by atoms with E-state index in [9.17, 15) is 31.1 Å². The third kappa shape index (κ3) is 7.73. The number of hydrogen-bond donors (Lipinski definition) is 3. The highest BCUT2D eigenvalue weighted by atomic mass is 19.4. The van der Waals surface area contributed by atoms with Gasteiger partial charge in [-0.3, -0.25) is 14.7 Å². The van der Waals surface area contributed by atoms with Gasteiger partial charge >= 0.3 is 12.4 Å². The highest BCUT2D eigenvalue weighted by molar-refractivity contribution is 5.94. The Labute approximate surface area is 169 Å². The van der Waals surface area contributed by atoms with Crippen molar-refractivity contribution >= 4 is 11.9 Å². The molecular formula is C18H23F6N5O. The number of carbonyl (C=O) groups excluding carboxylic acids is 1. The molecule has 1 atom stereocenters. The molecule has 0 bridgehead atoms. The van der Waals surface area contributed by atoms with Crippen LogP contribution in [0.4, 0.5) is 26.3 Å². The number of likely N-dealkylation sites (tertiary alicyclic amines) is 1. The highest BCUT2D eigenvalue weighted by Gasteiger charge is 2.34. The summed E-state index contributed by atoms with van der Waals surface area (Å²) in [5, 5.41) is 8.53. The predicted octanol–water partition coefficient (Wildman–Crippen LogP) is 2.24. The van der Waals surface area contributed by atoms with Gasteiger partial charge in [-0.15, -0.1) is 0 Å². The average molecular weight is 439 g/mol. The molecule has 12 heteroatoms. The number of alkyl halides is 6. The van der Waals surface area contributed by atoms with E-state index in [1.165, 1.54) is 11.9 Å². The molecule has 1 heterocycles. The Bertz CT molecular complexity index is 732. The largest absolute Gasteiger partial charge is 0.416 e. The molecule has 1 aliphatic heterocycles. The third-order valence-electron chi connectivity index (χ3n) is 4.42. The van der Waals surface area contributed by atoms with Gasteiger partial charge in [0.2, 0.25) is 0 Å². The normalized spacial score (nSPS) is 18.4. The zero-order valence-corrected chi connectivity index (χ0v) is 16.2. The summed E-state index contributed by atoms with van der Waals surface area (Å²) in [6.45, 7) is 0.0614. The average Bonchev–Trinajstić information content (AvgIpc) is 3.08. The van der Waals surface area contributed by atoms with Crippen molar-refractivity contribution < 1.29 is 31.1 Å². The fourth-order valence-electron chi connectivity index (χ4n) is 3.01. The first-order valence-electron chi connectivity index (χ1n) is 9.19. The van der Waals surface area contributed by atoms with Gasteiger partial charge < -0.3 is 16.0 Å². The van der Waals surface area contributed by atoms with E-state index >= 15 is 0 Å². The van der Waals surface area contributed by atoms with E-state index in [4.69, 9.17) is 0 Å². The molecule has 0 saturated carbocycles. The number of benzene rings is 1. The SMILES string of the molecule is CN=C(NCCNC(=O)c1ccc(C(F)(F)F)cc1)NC1CCN(CC(F)(F)F)C1. The van der Waals surface area contributed by atoms with Crippen molar-refractivity contribution in [1.29, 1.82) is 0 Å². The Morgan fingerprint density at radius 3 is 2.30 bits per heavy atom. The molecule has 1 saturated heterocycles. The van der Waals surface area contributed by atoms with Crippen LogP contribution >= 0.6 is 0 Å². The van der Waals surface area contributed by atoms with Crippen LogP contribution in [0.3, 0.4) is 0 Å². The molecule has 0 radical (unpaired) electrons. The summed E-state index contributed by atoms with van der Waals surface area (Å²) >= 11 is 0. The first-order valence-corrected chi connectivity index (χ1v) is 9.19. The fraction of sp³-hybridized carbons (Fsp3) is 0.556. The number of nitrogens with one attached hydrogen (secondary N) is 3. The molecule has 30 heavy (non-hydrogen) atoms. The zero-order valence-electron chi connectivity index (χ0n) is 16.2. The standard InChI is InChI=1S/C18H23F6N5O/c1-25-16(28-14-6-9-29(10-14)11-17(19,20)21)27-8-7-26-15(30)12-2-4-13(5-3-12)18(22,23)24/h2-5,14H,6-11H2,1H3,(H,26,30)(H2,25,27,28). The summed E-state index contributed by atoms with van der Waals surface area (Å²) in [5.41, 5.74) is -0.738. The molecule has 2 rings (SSSR count). The Morgan fingerprint density at radius 2 is 1.73 bits per heavy atom. The number of aliphatic imine (C=N–C) groups is 1. The van der Waals surface area contributed by atoms with Gasteiger partial charge in [0, 0.05) is 44.8 Å². The first-order chi connectivity index (χ1) is 14.0. The third-order valence-corrected chi connectivity index (χ3v) is 4.42. The minimum Gasteiger partial charge on any atom is -0.355 e. The Morgan fingerprint density at radius 1 is 1.10 bits per heavy atom. The number of rotatable bonds is 6. The maximum absolute atomic E-state index is 12.5. The molecule has 1 aliphatic rings. The van der Waals surface area contributed by atoms with Crippen molar-refractivity contribution in [3.63, 3.8) is 0 Å². The van der Waals surface area contributed by atoms with Crippen LogP contribution < -0.4 is 16.0 Å². The van der Waals surface area contributed by atoms with E-state index in [-0.39, 0.29) is 31.2 Å². The zero-order chi connectivity index (χ0) is 22.4. The van der Waals surface area contributed by atoms with E-state index < -0.39 is 30.4 Å². The van der Waals surface area contributed by atoms with Crippen LogP contribution in [0.5, 0.6) is 0 Å². The molecule has 1 amide bonds. The molecule has 1 unspecified atom stereocenters. The molecule has 1 aromatic carbocycles. The molecule has 1 aromatic rings. The lowest BCUT2D eigenvalue weighted by molar-refractivity contribution is -0.143. The van der Waals surface area contributed by atoms with Crippen molar-refractivity contribution in [1.82, 2.24) is 20.9 Å². The second-order valence-electron chi connectivity index (χ2n) is 6.81. The second-order valence-corrected chi connectivity index (χ2v) is 6.81. The monoisotopic (exact) mass is 439 g/mol. The number of amides is 1. The van der Waals surface area contributed by atoms with Gasteiger partial charge in [0.05, 0.1) is 12.1 Å². The van der Waals surface area contributed by atoms with Gasteiger partial charge in [-0.2, -0.15) is 26.3 Å². The van der Waals surface area contributed by atoms with Crippen LogP contribution in [-0.2, 0) is 6.18 Å². The van der Waals surface area contributed by atoms with Crippen LogP contribution in [0.1, 0.15) is 22.3 Å². The van der Waals surface area contributed by atoms with Crippen molar-refractivity contribution in [3.8, 4) is 0 Å². The van der Waals surface area contributed by atoms with Gasteiger partial charge in [0.1, 0.15) is 0 Å². The fourth-order valence-corrected chi connectivity index (χ4v) is 3.01. The van der Waals surface area contributed by atoms with Crippen LogP contribution in [0.15, 0.2) is 29.3 Å². The van der Waals surface area contributed by atoms with Gasteiger partial charge in [0.15, 0.2) is 5.96 Å². The minimum atomic E-state index is -4.47. The van der Waals surface area contributed by atoms with Crippen LogP contribution in [0.25, 0.3) is 0 Å². The smallest absolute Gasteiger partial charge is 0.355 e. The van der Waals surface area contributed by atoms with E-state index in [0.717, 1.165) is 24.3 Å². The van der Waals surface area contributed by atoms with E-state index in [2.05, 4.69) is 20.9 Å². The van der Waals surface area contributed by atoms with Crippen molar-refractivity contribution in [3.05, 3.63) is 35.4 Å². The highest BCUT2D eigenvalue weighted by Crippen LogP contribution is 2.29. The maximum atomic E-state index is 12.5. The van der Waals surface area contributed by atoms with Gasteiger partial charge in [0.25, 0.3) is 5.91 Å². The van der Waals surface area contributed by atoms with Crippen LogP contribution in [-0.4, -0.2) is 68.8 Å². The van der Waals surface area contributed by atoms with E-state index in [1.807, 2.05) is 0 Å². The first kappa shape index (κ1) is 23.8. The second kappa shape index (κ2) is 10.0. The van der Waals surface area contributed by atoms with Gasteiger partial charge in [-0.25, -0.2) is 0 Å². The molecule has 0 aromatic heterocycles. The topological polar surface area (TPSA) is 68.8 Å². The Balaban J connectivity index is 1.70. The van der Waals surface area contributed by atoms with Crippen molar-refractivity contribution in [2.75, 3.05) is 39.8 Å². The summed E-state index contributed by atoms with van der Waals surface area (Å²) in [6, 6.07) is 3.68. The lowest BCUT2D eigenvalue weighted by atomic mass is 10.1. The molecule has 1 fully saturated rings. The van der Waals surface area contributed by atoms with Gasteiger partial charge in [-0.1, -0.05) is 0 Å². The number of carbonyl (C=O) groups is 1. The van der Waals surface area contributed by atoms with Crippen LogP contribution in [0.2, 0.25) is 0 Å². The lowest BCUT2D eigenvalue weighted by Gasteiger charge is -2.19. The van der Waals surface area contributed by atoms with E-state index in [0.29, 0.717) is 18.9 Å². The van der Waals surface area contributed by atoms with Crippen molar-refractivity contribution in [2.45, 2.75) is 24.8 Å². The summed E-state index contributed by atoms with van der Waals surface area (Å²) in [7, 11) is 1.51. The Kier molecular flexibility index (Phi) is 7.93.